The summed E-state index contributed by atoms with van der Waals surface area (Å²) in [5.41, 5.74) is 3.29. The van der Waals surface area contributed by atoms with Crippen LogP contribution in [0.15, 0.2) is 53.4 Å². The molecule has 0 unspecified atom stereocenters. The number of aromatic nitrogens is 1. The smallest absolute Gasteiger partial charge is 0.243 e. The maximum Gasteiger partial charge on any atom is 0.243 e. The third-order valence-electron chi connectivity index (χ3n) is 11.9. The lowest BCUT2D eigenvalue weighted by Crippen LogP contribution is -2.55. The summed E-state index contributed by atoms with van der Waals surface area (Å²) in [6.07, 6.45) is 5.08. The molecule has 57 heavy (non-hydrogen) atoms. The Kier molecular flexibility index (Phi) is 16.2. The van der Waals surface area contributed by atoms with E-state index in [2.05, 4.69) is 37.8 Å². The van der Waals surface area contributed by atoms with E-state index in [9.17, 15) is 24.3 Å². The lowest BCUT2D eigenvalue weighted by Gasteiger charge is -2.32. The number of nitrogens with one attached hydrogen (secondary N) is 3. The number of aliphatic hydroxyl groups is 1. The van der Waals surface area contributed by atoms with Crippen molar-refractivity contribution in [1.82, 2.24) is 35.6 Å². The molecule has 3 heterocycles. The molecule has 310 valence electrons. The number of thiazole rings is 1. The number of ether oxygens (including phenoxy) is 1. The molecule has 1 aliphatic carbocycles. The predicted molar refractivity (Wildman–Crippen MR) is 222 cm³/mol. The fourth-order valence-corrected chi connectivity index (χ4v) is 8.97. The number of hydrogen-bond acceptors (Lipinski definition) is 10. The molecule has 2 saturated heterocycles. The molecule has 0 spiro atoms. The van der Waals surface area contributed by atoms with Gasteiger partial charge < -0.3 is 35.6 Å². The Morgan fingerprint density at radius 2 is 1.65 bits per heavy atom. The fraction of sp³-hybridized carbons (Fsp3) is 0.605. The van der Waals surface area contributed by atoms with E-state index >= 15 is 0 Å². The quantitative estimate of drug-likeness (QED) is 0.152. The summed E-state index contributed by atoms with van der Waals surface area (Å²) in [5, 5.41) is 24.6. The third kappa shape index (κ3) is 13.0. The highest BCUT2D eigenvalue weighted by Gasteiger charge is 2.34. The van der Waals surface area contributed by atoms with Crippen molar-refractivity contribution in [2.45, 2.75) is 82.4 Å². The van der Waals surface area contributed by atoms with Crippen molar-refractivity contribution in [2.75, 3.05) is 72.6 Å². The van der Waals surface area contributed by atoms with Gasteiger partial charge in [-0.3, -0.25) is 24.1 Å². The van der Waals surface area contributed by atoms with Crippen LogP contribution in [-0.4, -0.2) is 139 Å². The first-order valence-corrected chi connectivity index (χ1v) is 21.8. The zero-order valence-corrected chi connectivity index (χ0v) is 34.2. The summed E-state index contributed by atoms with van der Waals surface area (Å²) in [7, 11) is 2.11. The molecule has 14 heteroatoms. The number of benzene rings is 2. The van der Waals surface area contributed by atoms with E-state index in [-0.39, 0.29) is 31.1 Å². The lowest BCUT2D eigenvalue weighted by atomic mass is 9.83. The van der Waals surface area contributed by atoms with Gasteiger partial charge in [0.05, 0.1) is 48.9 Å². The molecule has 0 radical (unpaired) electrons. The van der Waals surface area contributed by atoms with Gasteiger partial charge in [-0.05, 0) is 42.1 Å². The van der Waals surface area contributed by atoms with Crippen molar-refractivity contribution in [1.29, 1.82) is 0 Å². The number of amides is 4. The number of hydrogen-bond donors (Lipinski definition) is 4. The number of fused-ring (bicyclic) bond motifs is 1. The third-order valence-corrected chi connectivity index (χ3v) is 12.5. The highest BCUT2D eigenvalue weighted by Crippen LogP contribution is 2.29. The fourth-order valence-electron chi connectivity index (χ4n) is 8.40. The van der Waals surface area contributed by atoms with E-state index in [1.807, 2.05) is 47.8 Å². The minimum absolute atomic E-state index is 0.0208. The van der Waals surface area contributed by atoms with E-state index in [0.29, 0.717) is 57.3 Å². The highest BCUT2D eigenvalue weighted by atomic mass is 32.1. The van der Waals surface area contributed by atoms with E-state index < -0.39 is 35.9 Å². The van der Waals surface area contributed by atoms with Crippen LogP contribution >= 0.6 is 11.3 Å². The van der Waals surface area contributed by atoms with Gasteiger partial charge in [0, 0.05) is 70.6 Å². The molecular weight excluding hydrogens is 743 g/mol. The minimum atomic E-state index is -1.11. The predicted octanol–water partition coefficient (Wildman–Crippen LogP) is 3.00. The van der Waals surface area contributed by atoms with Gasteiger partial charge in [0.25, 0.3) is 0 Å². The summed E-state index contributed by atoms with van der Waals surface area (Å²) in [6.45, 7) is 6.98. The second-order valence-electron chi connectivity index (χ2n) is 16.1. The van der Waals surface area contributed by atoms with Gasteiger partial charge in [-0.15, -0.1) is 11.3 Å². The number of carbonyl (C=O) groups excluding carboxylic acids is 4. The van der Waals surface area contributed by atoms with Crippen LogP contribution < -0.4 is 16.0 Å². The molecule has 2 aliphatic heterocycles. The van der Waals surface area contributed by atoms with Crippen LogP contribution in [0.5, 0.6) is 0 Å². The second-order valence-corrected chi connectivity index (χ2v) is 16.8. The van der Waals surface area contributed by atoms with Gasteiger partial charge in [-0.2, -0.15) is 0 Å². The lowest BCUT2D eigenvalue weighted by molar-refractivity contribution is -0.140. The number of morpholine rings is 1. The Balaban J connectivity index is 1.17. The molecule has 3 aliphatic rings. The maximum atomic E-state index is 14.4. The molecular formula is C43H61N7O6S. The number of rotatable bonds is 18. The zero-order chi connectivity index (χ0) is 40.0. The van der Waals surface area contributed by atoms with Crippen molar-refractivity contribution < 1.29 is 29.0 Å². The van der Waals surface area contributed by atoms with Crippen LogP contribution in [0.1, 0.15) is 62.6 Å². The average molecular weight is 804 g/mol. The van der Waals surface area contributed by atoms with E-state index in [4.69, 9.17) is 4.74 Å². The van der Waals surface area contributed by atoms with Gasteiger partial charge in [-0.25, -0.2) is 4.98 Å². The average Bonchev–Trinajstić information content (AvgIpc) is 3.75. The molecule has 2 aromatic carbocycles. The summed E-state index contributed by atoms with van der Waals surface area (Å²) >= 11 is 1.40. The van der Waals surface area contributed by atoms with Crippen molar-refractivity contribution in [2.24, 2.45) is 11.8 Å². The van der Waals surface area contributed by atoms with Crippen LogP contribution in [0.3, 0.4) is 0 Å². The Hall–Kier alpha value is -3.95. The summed E-state index contributed by atoms with van der Waals surface area (Å²) in [5.74, 6) is -1.68. The first kappa shape index (κ1) is 42.7. The second kappa shape index (κ2) is 21.7. The molecule has 4 N–H and O–H groups in total. The molecule has 6 rings (SSSR count). The monoisotopic (exact) mass is 803 g/mol. The summed E-state index contributed by atoms with van der Waals surface area (Å²) in [4.78, 5) is 66.4. The first-order chi connectivity index (χ1) is 27.7. The van der Waals surface area contributed by atoms with Crippen LogP contribution in [0.25, 0.3) is 10.8 Å². The molecule has 13 nitrogen and oxygen atoms in total. The Labute approximate surface area is 340 Å². The standard InChI is InChI=1S/C43H61N7O6S/c1-48-16-18-49(19-17-48)15-14-44-40(52)28-39(51)37(24-31-8-3-2-4-9-31)46-43(55)38(27-35-29-57-30-45-35)47-42(54)34(26-41(53)50-20-22-56-23-21-50)25-33-12-7-11-32-10-5-6-13-36(32)33/h5-7,10-13,29-31,34,37-39,51H,2-4,8-9,14-28H2,1H3,(H,44,52)(H,46,55)(H,47,54)/t34-,37+,38+,39+/m1/s1. The van der Waals surface area contributed by atoms with Crippen LogP contribution in [0.2, 0.25) is 0 Å². The minimum Gasteiger partial charge on any atom is -0.390 e. The SMILES string of the molecule is CN1CCN(CCNC(=O)C[C@H](O)[C@H](CC2CCCCC2)NC(=O)[C@H](Cc2cscn2)NC(=O)[C@@H](CC(=O)N2CCOCC2)Cc2cccc3ccccc23)CC1. The molecule has 0 bridgehead atoms. The Bertz CT molecular complexity index is 1740. The number of nitrogens with zero attached hydrogens (tertiary/aromatic N) is 4. The van der Waals surface area contributed by atoms with Gasteiger partial charge in [0.15, 0.2) is 0 Å². The number of piperazine rings is 1. The van der Waals surface area contributed by atoms with Gasteiger partial charge in [0.1, 0.15) is 6.04 Å². The van der Waals surface area contributed by atoms with Gasteiger partial charge in [0.2, 0.25) is 23.6 Å². The van der Waals surface area contributed by atoms with Crippen LogP contribution in [0, 0.1) is 11.8 Å². The maximum absolute atomic E-state index is 14.4. The molecule has 3 fully saturated rings. The molecule has 4 amide bonds. The summed E-state index contributed by atoms with van der Waals surface area (Å²) < 4.78 is 5.47. The molecule has 1 aromatic heterocycles. The molecule has 3 aromatic rings. The van der Waals surface area contributed by atoms with Crippen molar-refractivity contribution >= 4 is 45.7 Å². The molecule has 4 atom stereocenters. The first-order valence-electron chi connectivity index (χ1n) is 20.9. The van der Waals surface area contributed by atoms with E-state index in [1.54, 1.807) is 10.4 Å². The zero-order valence-electron chi connectivity index (χ0n) is 33.4. The van der Waals surface area contributed by atoms with Crippen molar-refractivity contribution in [3.8, 4) is 0 Å². The Morgan fingerprint density at radius 3 is 2.40 bits per heavy atom. The van der Waals surface area contributed by atoms with Crippen LogP contribution in [-0.2, 0) is 36.8 Å². The van der Waals surface area contributed by atoms with Gasteiger partial charge in [-0.1, -0.05) is 74.6 Å². The number of carbonyl (C=O) groups is 4. The summed E-state index contributed by atoms with van der Waals surface area (Å²) in [6, 6.07) is 12.2. The number of likely N-dealkylation sites (N-methyl/N-ethyl adjacent to an activating group) is 1. The highest BCUT2D eigenvalue weighted by molar-refractivity contribution is 7.07. The van der Waals surface area contributed by atoms with Crippen molar-refractivity contribution in [3.63, 3.8) is 0 Å². The van der Waals surface area contributed by atoms with E-state index in [1.165, 1.54) is 17.8 Å². The van der Waals surface area contributed by atoms with Gasteiger partial charge >= 0.3 is 0 Å². The molecule has 1 saturated carbocycles. The van der Waals surface area contributed by atoms with Crippen molar-refractivity contribution in [3.05, 3.63) is 64.6 Å². The largest absolute Gasteiger partial charge is 0.390 e. The topological polar surface area (TPSA) is 156 Å². The van der Waals surface area contributed by atoms with Crippen LogP contribution in [0.4, 0.5) is 0 Å². The van der Waals surface area contributed by atoms with E-state index in [0.717, 1.165) is 74.7 Å². The number of aliphatic hydroxyl groups excluding tert-OH is 1. The Morgan fingerprint density at radius 1 is 0.895 bits per heavy atom. The normalized spacial score (nSPS) is 19.4.